The highest BCUT2D eigenvalue weighted by Crippen LogP contribution is 2.25. The van der Waals surface area contributed by atoms with E-state index in [1.54, 1.807) is 31.2 Å². The number of ether oxygens (including phenoxy) is 1. The number of aryl methyl sites for hydroxylation is 2. The van der Waals surface area contributed by atoms with E-state index in [0.717, 1.165) is 16.7 Å². The number of nitrogens with zero attached hydrogens (tertiary/aromatic N) is 1. The molecule has 2 rings (SSSR count). The Kier molecular flexibility index (Phi) is 5.82. The van der Waals surface area contributed by atoms with Gasteiger partial charge in [0.1, 0.15) is 5.75 Å². The summed E-state index contributed by atoms with van der Waals surface area (Å²) in [6.07, 6.45) is 0. The molecule has 2 aromatic carbocycles. The monoisotopic (exact) mass is 345 g/mol. The molecule has 0 aliphatic heterocycles. The molecule has 126 valence electrons. The molecule has 5 nitrogen and oxygen atoms in total. The van der Waals surface area contributed by atoms with Gasteiger partial charge in [-0.3, -0.25) is 4.79 Å². The summed E-state index contributed by atoms with van der Waals surface area (Å²) in [7, 11) is 0. The lowest BCUT2D eigenvalue weighted by atomic mass is 10.1. The maximum absolute atomic E-state index is 11.9. The fourth-order valence-corrected chi connectivity index (χ4v) is 2.25. The fourth-order valence-electron chi connectivity index (χ4n) is 2.15. The van der Waals surface area contributed by atoms with Crippen LogP contribution in [0.5, 0.6) is 5.75 Å². The van der Waals surface area contributed by atoms with E-state index in [1.807, 2.05) is 26.0 Å². The first-order valence-corrected chi connectivity index (χ1v) is 7.83. The predicted molar refractivity (Wildman–Crippen MR) is 97.6 cm³/mol. The van der Waals surface area contributed by atoms with Crippen molar-refractivity contribution in [1.29, 1.82) is 0 Å². The third-order valence-electron chi connectivity index (χ3n) is 3.43. The van der Waals surface area contributed by atoms with Crippen LogP contribution in [-0.4, -0.2) is 18.2 Å². The van der Waals surface area contributed by atoms with E-state index in [1.165, 1.54) is 0 Å². The highest BCUT2D eigenvalue weighted by molar-refractivity contribution is 6.32. The first-order valence-electron chi connectivity index (χ1n) is 7.45. The highest BCUT2D eigenvalue weighted by atomic mass is 35.5. The predicted octanol–water partition coefficient (Wildman–Crippen LogP) is 3.46. The van der Waals surface area contributed by atoms with Crippen molar-refractivity contribution in [2.24, 2.45) is 5.10 Å². The summed E-state index contributed by atoms with van der Waals surface area (Å²) in [6.45, 7) is 5.44. The lowest BCUT2D eigenvalue weighted by Gasteiger charge is -2.09. The Morgan fingerprint density at radius 3 is 2.54 bits per heavy atom. The number of nitrogen functional groups attached to an aromatic ring is 1. The number of rotatable bonds is 5. The van der Waals surface area contributed by atoms with Crippen LogP contribution in [0.15, 0.2) is 41.5 Å². The second kappa shape index (κ2) is 7.84. The van der Waals surface area contributed by atoms with E-state index < -0.39 is 0 Å². The number of nitrogens with one attached hydrogen (secondary N) is 1. The van der Waals surface area contributed by atoms with Crippen molar-refractivity contribution in [3.8, 4) is 5.75 Å². The first kappa shape index (κ1) is 17.8. The van der Waals surface area contributed by atoms with Gasteiger partial charge in [0.25, 0.3) is 5.91 Å². The summed E-state index contributed by atoms with van der Waals surface area (Å²) >= 11 is 6.10. The highest BCUT2D eigenvalue weighted by Gasteiger charge is 2.06. The largest absolute Gasteiger partial charge is 0.484 e. The Morgan fingerprint density at radius 1 is 1.25 bits per heavy atom. The van der Waals surface area contributed by atoms with Gasteiger partial charge in [0, 0.05) is 10.7 Å². The Labute approximate surface area is 146 Å². The second-order valence-electron chi connectivity index (χ2n) is 5.52. The molecule has 0 spiro atoms. The van der Waals surface area contributed by atoms with Crippen molar-refractivity contribution in [2.45, 2.75) is 20.8 Å². The van der Waals surface area contributed by atoms with Crippen LogP contribution in [0.1, 0.15) is 23.6 Å². The van der Waals surface area contributed by atoms with Crippen LogP contribution in [0.4, 0.5) is 5.69 Å². The molecule has 6 heteroatoms. The average molecular weight is 346 g/mol. The number of hydrogen-bond acceptors (Lipinski definition) is 4. The van der Waals surface area contributed by atoms with Gasteiger partial charge in [0.2, 0.25) is 0 Å². The molecule has 0 radical (unpaired) electrons. The third-order valence-corrected chi connectivity index (χ3v) is 4.03. The Balaban J connectivity index is 1.93. The van der Waals surface area contributed by atoms with E-state index in [9.17, 15) is 4.79 Å². The van der Waals surface area contributed by atoms with Gasteiger partial charge in [-0.15, -0.1) is 0 Å². The quantitative estimate of drug-likeness (QED) is 0.495. The van der Waals surface area contributed by atoms with Gasteiger partial charge >= 0.3 is 0 Å². The molecule has 2 aromatic rings. The number of halogens is 1. The van der Waals surface area contributed by atoms with Gasteiger partial charge in [-0.25, -0.2) is 5.43 Å². The lowest BCUT2D eigenvalue weighted by Crippen LogP contribution is -2.25. The maximum atomic E-state index is 11.9. The van der Waals surface area contributed by atoms with Crippen molar-refractivity contribution >= 4 is 28.9 Å². The van der Waals surface area contributed by atoms with Gasteiger partial charge in [-0.2, -0.15) is 5.10 Å². The maximum Gasteiger partial charge on any atom is 0.277 e. The molecule has 0 aliphatic rings. The topological polar surface area (TPSA) is 76.7 Å². The number of anilines is 1. The summed E-state index contributed by atoms with van der Waals surface area (Å²) < 4.78 is 5.48. The average Bonchev–Trinajstić information content (AvgIpc) is 2.55. The van der Waals surface area contributed by atoms with Crippen LogP contribution in [0.25, 0.3) is 0 Å². The molecule has 0 saturated heterocycles. The number of hydrogen-bond donors (Lipinski definition) is 2. The Morgan fingerprint density at radius 2 is 1.92 bits per heavy atom. The molecule has 1 amide bonds. The van der Waals surface area contributed by atoms with E-state index in [-0.39, 0.29) is 12.5 Å². The second-order valence-corrected chi connectivity index (χ2v) is 5.90. The van der Waals surface area contributed by atoms with Crippen LogP contribution < -0.4 is 15.9 Å². The molecule has 0 aromatic heterocycles. The van der Waals surface area contributed by atoms with Crippen molar-refractivity contribution in [3.63, 3.8) is 0 Å². The molecule has 0 heterocycles. The summed E-state index contributed by atoms with van der Waals surface area (Å²) in [4.78, 5) is 11.9. The van der Waals surface area contributed by atoms with E-state index in [4.69, 9.17) is 22.1 Å². The molecule has 0 bridgehead atoms. The molecule has 0 aliphatic carbocycles. The van der Waals surface area contributed by atoms with Crippen LogP contribution in [0.3, 0.4) is 0 Å². The summed E-state index contributed by atoms with van der Waals surface area (Å²) in [6, 6.07) is 10.9. The minimum Gasteiger partial charge on any atom is -0.484 e. The number of benzene rings is 2. The van der Waals surface area contributed by atoms with Crippen LogP contribution in [0, 0.1) is 13.8 Å². The van der Waals surface area contributed by atoms with Gasteiger partial charge in [0.15, 0.2) is 6.61 Å². The van der Waals surface area contributed by atoms with Crippen molar-refractivity contribution < 1.29 is 9.53 Å². The number of hydrazone groups is 1. The molecular formula is C18H20ClN3O2. The first-order chi connectivity index (χ1) is 11.4. The van der Waals surface area contributed by atoms with Gasteiger partial charge in [-0.1, -0.05) is 23.7 Å². The number of carbonyl (C=O) groups is 1. The number of carbonyl (C=O) groups excluding carboxylic acids is 1. The Bertz CT molecular complexity index is 765. The molecule has 0 fully saturated rings. The van der Waals surface area contributed by atoms with Crippen molar-refractivity contribution in [2.75, 3.05) is 12.3 Å². The molecule has 24 heavy (non-hydrogen) atoms. The molecule has 0 saturated carbocycles. The molecule has 0 unspecified atom stereocenters. The number of nitrogens with two attached hydrogens (primary N) is 1. The smallest absolute Gasteiger partial charge is 0.277 e. The SMILES string of the molecule is C/C(=N/NC(=O)COc1cc(C)c(Cl)c(C)c1)c1cccc(N)c1. The minimum absolute atomic E-state index is 0.131. The minimum atomic E-state index is -0.344. The molecular weight excluding hydrogens is 326 g/mol. The standard InChI is InChI=1S/C18H20ClN3O2/c1-11-7-16(8-12(2)18(11)19)24-10-17(23)22-21-13(3)14-5-4-6-15(20)9-14/h4-9H,10,20H2,1-3H3,(H,22,23)/b21-13-. The molecule has 0 atom stereocenters. The van der Waals surface area contributed by atoms with E-state index >= 15 is 0 Å². The van der Waals surface area contributed by atoms with Crippen molar-refractivity contribution in [1.82, 2.24) is 5.43 Å². The lowest BCUT2D eigenvalue weighted by molar-refractivity contribution is -0.123. The Hall–Kier alpha value is -2.53. The van der Waals surface area contributed by atoms with E-state index in [2.05, 4.69) is 10.5 Å². The van der Waals surface area contributed by atoms with Crippen LogP contribution in [0.2, 0.25) is 5.02 Å². The summed E-state index contributed by atoms with van der Waals surface area (Å²) in [5.74, 6) is 0.254. The van der Waals surface area contributed by atoms with Gasteiger partial charge in [0.05, 0.1) is 5.71 Å². The molecule has 3 N–H and O–H groups in total. The normalized spacial score (nSPS) is 11.2. The van der Waals surface area contributed by atoms with E-state index in [0.29, 0.717) is 22.2 Å². The van der Waals surface area contributed by atoms with Gasteiger partial charge < -0.3 is 10.5 Å². The zero-order valence-electron chi connectivity index (χ0n) is 13.9. The summed E-state index contributed by atoms with van der Waals surface area (Å²) in [5, 5.41) is 4.76. The van der Waals surface area contributed by atoms with Gasteiger partial charge in [-0.05, 0) is 61.7 Å². The third kappa shape index (κ3) is 4.73. The fraction of sp³-hybridized carbons (Fsp3) is 0.222. The zero-order chi connectivity index (χ0) is 17.7. The van der Waals surface area contributed by atoms with Crippen LogP contribution >= 0.6 is 11.6 Å². The van der Waals surface area contributed by atoms with Crippen molar-refractivity contribution in [3.05, 3.63) is 58.1 Å². The number of amides is 1. The van der Waals surface area contributed by atoms with Crippen LogP contribution in [-0.2, 0) is 4.79 Å². The zero-order valence-corrected chi connectivity index (χ0v) is 14.6. The summed E-state index contributed by atoms with van der Waals surface area (Å²) in [5.41, 5.74) is 12.2.